The number of rotatable bonds is 19. The third-order valence-corrected chi connectivity index (χ3v) is 28.0. The zero-order chi connectivity index (χ0) is 58.9. The number of aromatic nitrogens is 1. The molecule has 6 aromatic carbocycles. The number of pyridine rings is 1. The number of benzene rings is 6. The smallest absolute Gasteiger partial charge is 0.410 e. The highest BCUT2D eigenvalue weighted by Gasteiger charge is 2.68. The minimum Gasteiger partial charge on any atom is -0.497 e. The van der Waals surface area contributed by atoms with E-state index in [9.17, 15) is 9.90 Å². The van der Waals surface area contributed by atoms with Crippen molar-refractivity contribution in [1.82, 2.24) is 15.2 Å². The molecule has 438 valence electrons. The van der Waals surface area contributed by atoms with Gasteiger partial charge in [0.05, 0.1) is 26.4 Å². The Labute approximate surface area is 494 Å². The second-order valence-corrected chi connectivity index (χ2v) is 35.8. The van der Waals surface area contributed by atoms with Gasteiger partial charge in [0.2, 0.25) is 0 Å². The first-order valence-corrected chi connectivity index (χ1v) is 33.3. The number of anilines is 2. The van der Waals surface area contributed by atoms with Gasteiger partial charge in [-0.05, 0) is 102 Å². The quantitative estimate of drug-likeness (QED) is 0.0577. The molecule has 4 bridgehead atoms. The fourth-order valence-electron chi connectivity index (χ4n) is 14.4. The predicted octanol–water partition coefficient (Wildman–Crippen LogP) is 11.3. The topological polar surface area (TPSA) is 136 Å². The Balaban J connectivity index is 0.000000198. The molecule has 1 amide bonds. The molecule has 13 rings (SSSR count). The van der Waals surface area contributed by atoms with Crippen LogP contribution in [0, 0.1) is 10.8 Å². The maximum Gasteiger partial charge on any atom is 0.410 e. The van der Waals surface area contributed by atoms with Crippen molar-refractivity contribution in [3.63, 3.8) is 0 Å². The van der Waals surface area contributed by atoms with Gasteiger partial charge in [-0.2, -0.15) is 0 Å². The molecule has 4 saturated heterocycles. The molecule has 12 nitrogen and oxygen atoms in total. The number of amides is 1. The number of methoxy groups -OCH3 is 2. The number of fused-ring (bicyclic) bond motifs is 3. The van der Waals surface area contributed by atoms with Gasteiger partial charge >= 0.3 is 6.09 Å². The third-order valence-electron chi connectivity index (χ3n) is 18.0. The number of nitrogens with one attached hydrogen (secondary N) is 3. The highest BCUT2D eigenvalue weighted by Crippen LogP contribution is 2.60. The fourth-order valence-corrected chi connectivity index (χ4v) is 23.8. The molecule has 83 heavy (non-hydrogen) atoms. The number of aliphatic hydroxyl groups excluding tert-OH is 1. The van der Waals surface area contributed by atoms with Crippen molar-refractivity contribution in [3.05, 3.63) is 176 Å². The van der Waals surface area contributed by atoms with Crippen molar-refractivity contribution in [1.29, 1.82) is 0 Å². The largest absolute Gasteiger partial charge is 0.497 e. The van der Waals surface area contributed by atoms with E-state index < -0.39 is 27.8 Å². The predicted molar refractivity (Wildman–Crippen MR) is 341 cm³/mol. The molecule has 4 N–H and O–H groups in total. The van der Waals surface area contributed by atoms with Gasteiger partial charge in [0.25, 0.3) is 16.6 Å². The van der Waals surface area contributed by atoms with Crippen LogP contribution in [0.25, 0.3) is 10.8 Å². The van der Waals surface area contributed by atoms with E-state index in [1.54, 1.807) is 19.1 Å². The maximum absolute atomic E-state index is 13.0. The molecule has 2 aliphatic carbocycles. The summed E-state index contributed by atoms with van der Waals surface area (Å²) in [5, 5.41) is 28.8. The van der Waals surface area contributed by atoms with Gasteiger partial charge in [-0.25, -0.2) is 9.78 Å². The molecule has 1 aromatic heterocycles. The second-order valence-electron chi connectivity index (χ2n) is 27.1. The summed E-state index contributed by atoms with van der Waals surface area (Å²) < 4.78 is 31.2. The zero-order valence-corrected chi connectivity index (χ0v) is 52.7. The van der Waals surface area contributed by atoms with Crippen LogP contribution in [0.3, 0.4) is 0 Å². The lowest BCUT2D eigenvalue weighted by molar-refractivity contribution is -0.0283. The Hall–Kier alpha value is -6.53. The van der Waals surface area contributed by atoms with E-state index >= 15 is 0 Å². The summed E-state index contributed by atoms with van der Waals surface area (Å²) in [7, 11) is -1.89. The van der Waals surface area contributed by atoms with Crippen LogP contribution in [0.5, 0.6) is 11.5 Å². The molecular weight excluding hydrogens is 1070 g/mol. The van der Waals surface area contributed by atoms with Crippen LogP contribution in [-0.2, 0) is 20.1 Å². The number of carbonyl (C=O) groups excluding carboxylic acids is 1. The SMILES string of the molecule is CC(C)(C)OC(=O)N1CC2(CO[Si](c3ccccc3)(c3ccccc3)C(C)(C)C)CC1(CO)C2.COc1ccc(CNc2nccc3c(NCC45CC(CO[Si](c6ccccc6)(c6ccccc6)C(C)(C)C)(CN4)C5)cccc23)c(OC)c1. The van der Waals surface area contributed by atoms with Crippen molar-refractivity contribution in [2.45, 2.75) is 121 Å². The molecule has 0 atom stereocenters. The molecule has 14 heteroatoms. The number of ether oxygens (including phenoxy) is 3. The first-order valence-electron chi connectivity index (χ1n) is 29.5. The van der Waals surface area contributed by atoms with Crippen molar-refractivity contribution in [3.8, 4) is 11.5 Å². The third kappa shape index (κ3) is 11.6. The summed E-state index contributed by atoms with van der Waals surface area (Å²) in [6.45, 7) is 23.8. The second kappa shape index (κ2) is 23.1. The van der Waals surface area contributed by atoms with E-state index in [2.05, 4.69) is 191 Å². The summed E-state index contributed by atoms with van der Waals surface area (Å²) in [5.41, 5.74) is 1.11. The average Bonchev–Trinajstić information content (AvgIpc) is 4.33. The van der Waals surface area contributed by atoms with Crippen LogP contribution in [0.15, 0.2) is 170 Å². The number of hydrogen-bond acceptors (Lipinski definition) is 11. The molecule has 6 aliphatic rings. The number of hydrogen-bond donors (Lipinski definition) is 4. The molecule has 7 aromatic rings. The van der Waals surface area contributed by atoms with Crippen LogP contribution < -0.4 is 46.2 Å². The van der Waals surface area contributed by atoms with Gasteiger partial charge in [0.1, 0.15) is 22.9 Å². The molecule has 0 unspecified atom stereocenters. The number of carbonyl (C=O) groups is 1. The average molecular weight is 1150 g/mol. The van der Waals surface area contributed by atoms with E-state index in [1.807, 2.05) is 57.3 Å². The van der Waals surface area contributed by atoms with Crippen molar-refractivity contribution in [2.75, 3.05) is 64.3 Å². The normalized spacial score (nSPS) is 22.0. The van der Waals surface area contributed by atoms with Crippen LogP contribution >= 0.6 is 0 Å². The standard InChI is InChI=1S/C41H48N4O3Si.C28H39NO4Si/c1-39(2,3)49(32-13-8-6-9-14-32,33-15-10-7-11-16-33)48-29-40-25-41(26-40,45-27-40)28-44-36-18-12-17-35-34(36)21-22-42-38(35)43-24-30-19-20-31(46-4)23-37(30)47-5;1-25(2,3)33-24(31)29-19-27(17-28(29,18-27)20-30)21-32-34(26(4,5)6,22-13-9-7-10-14-22)23-15-11-8-12-16-23/h6-23,44-45H,24-29H2,1-5H3,(H,42,43);7-16,30H,17-21H2,1-6H3. The van der Waals surface area contributed by atoms with Gasteiger partial charge in [0, 0.05) is 90.0 Å². The number of aliphatic hydroxyl groups is 1. The summed E-state index contributed by atoms with van der Waals surface area (Å²) in [6, 6.07) is 57.6. The molecule has 6 fully saturated rings. The van der Waals surface area contributed by atoms with Gasteiger partial charge < -0.3 is 44.1 Å². The molecule has 5 heterocycles. The summed E-state index contributed by atoms with van der Waals surface area (Å²) >= 11 is 0. The number of nitrogens with zero attached hydrogens (tertiary/aromatic N) is 2. The molecule has 0 radical (unpaired) electrons. The van der Waals surface area contributed by atoms with Gasteiger partial charge in [-0.1, -0.05) is 175 Å². The first-order chi connectivity index (χ1) is 39.6. The van der Waals surface area contributed by atoms with Gasteiger partial charge in [-0.3, -0.25) is 4.90 Å². The highest BCUT2D eigenvalue weighted by molar-refractivity contribution is 7.00. The monoisotopic (exact) mass is 1150 g/mol. The maximum atomic E-state index is 13.0. The Morgan fingerprint density at radius 2 is 1.16 bits per heavy atom. The molecule has 0 spiro atoms. The van der Waals surface area contributed by atoms with Crippen LogP contribution in [-0.4, -0.2) is 108 Å². The van der Waals surface area contributed by atoms with Crippen molar-refractivity contribution >= 4 is 65.8 Å². The van der Waals surface area contributed by atoms with Crippen LogP contribution in [0.2, 0.25) is 10.1 Å². The minimum atomic E-state index is -2.66. The van der Waals surface area contributed by atoms with Gasteiger partial charge in [-0.15, -0.1) is 0 Å². The first kappa shape index (κ1) is 59.6. The Kier molecular flexibility index (Phi) is 16.6. The zero-order valence-electron chi connectivity index (χ0n) is 50.7. The fraction of sp³-hybridized carbons (Fsp3) is 0.420. The molecular formula is C69H87N5O7Si2. The Morgan fingerprint density at radius 3 is 1.64 bits per heavy atom. The van der Waals surface area contributed by atoms with Crippen LogP contribution in [0.4, 0.5) is 16.3 Å². The lowest BCUT2D eigenvalue weighted by Crippen LogP contribution is -2.68. The highest BCUT2D eigenvalue weighted by atomic mass is 28.4. The van der Waals surface area contributed by atoms with E-state index in [0.717, 1.165) is 84.7 Å². The summed E-state index contributed by atoms with van der Waals surface area (Å²) in [4.78, 5) is 19.4. The van der Waals surface area contributed by atoms with Gasteiger partial charge in [0.15, 0.2) is 0 Å². The lowest BCUT2D eigenvalue weighted by Gasteiger charge is -2.50. The minimum absolute atomic E-state index is 0.0294. The van der Waals surface area contributed by atoms with Crippen LogP contribution in [0.1, 0.15) is 93.6 Å². The Morgan fingerprint density at radius 1 is 0.627 bits per heavy atom. The van der Waals surface area contributed by atoms with E-state index in [0.29, 0.717) is 19.7 Å². The van der Waals surface area contributed by atoms with E-state index in [1.165, 1.54) is 20.7 Å². The Bertz CT molecular complexity index is 3260. The summed E-state index contributed by atoms with van der Waals surface area (Å²) in [6.07, 6.45) is 5.24. The molecule has 4 aliphatic heterocycles. The summed E-state index contributed by atoms with van der Waals surface area (Å²) in [5.74, 6) is 2.40. The van der Waals surface area contributed by atoms with E-state index in [-0.39, 0.29) is 39.1 Å². The van der Waals surface area contributed by atoms with Crippen molar-refractivity contribution in [2.24, 2.45) is 10.8 Å². The molecule has 2 saturated carbocycles. The lowest BCUT2D eigenvalue weighted by atomic mass is 9.62. The van der Waals surface area contributed by atoms with Crippen molar-refractivity contribution < 1.29 is 33.0 Å². The van der Waals surface area contributed by atoms with E-state index in [4.69, 9.17) is 28.0 Å².